The monoisotopic (exact) mass is 428 g/mol. The van der Waals surface area contributed by atoms with Crippen LogP contribution in [-0.2, 0) is 5.54 Å². The largest absolute Gasteiger partial charge is 0.366 e. The minimum atomic E-state index is -0.983. The highest BCUT2D eigenvalue weighted by atomic mass is 19.1. The number of rotatable bonds is 4. The van der Waals surface area contributed by atoms with Crippen molar-refractivity contribution >= 4 is 17.6 Å². The van der Waals surface area contributed by atoms with Gasteiger partial charge in [0.05, 0.1) is 12.1 Å². The van der Waals surface area contributed by atoms with Gasteiger partial charge in [-0.05, 0) is 57.5 Å². The van der Waals surface area contributed by atoms with Crippen LogP contribution in [0.1, 0.15) is 41.6 Å². The molecule has 2 fully saturated rings. The Hall–Kier alpha value is -3.00. The van der Waals surface area contributed by atoms with Crippen molar-refractivity contribution in [1.29, 1.82) is 0 Å². The predicted octanol–water partition coefficient (Wildman–Crippen LogP) is 3.36. The maximum Gasteiger partial charge on any atom is 0.322 e. The Morgan fingerprint density at radius 1 is 1.06 bits per heavy atom. The van der Waals surface area contributed by atoms with Gasteiger partial charge in [-0.1, -0.05) is 30.3 Å². The minimum absolute atomic E-state index is 0.161. The van der Waals surface area contributed by atoms with E-state index in [4.69, 9.17) is 5.73 Å². The third-order valence-electron chi connectivity index (χ3n) is 6.85. The van der Waals surface area contributed by atoms with E-state index in [0.717, 1.165) is 29.9 Å². The number of amides is 3. The van der Waals surface area contributed by atoms with Crippen molar-refractivity contribution in [2.24, 2.45) is 5.73 Å². The Labute approximate surface area is 180 Å². The van der Waals surface area contributed by atoms with E-state index in [2.05, 4.69) is 36.4 Å². The zero-order chi connectivity index (χ0) is 22.4. The number of carbonyl (C=O) groups is 2. The number of halogens is 2. The number of primary amides is 1. The molecule has 0 radical (unpaired) electrons. The first-order valence-electron chi connectivity index (χ1n) is 10.3. The number of hydrogen-bond acceptors (Lipinski definition) is 3. The molecular formula is C23H26F2N4O2. The molecule has 6 nitrogen and oxygen atoms in total. The molecule has 2 aromatic rings. The summed E-state index contributed by atoms with van der Waals surface area (Å²) in [4.78, 5) is 27.3. The minimum Gasteiger partial charge on any atom is -0.366 e. The van der Waals surface area contributed by atoms with Gasteiger partial charge in [0.25, 0.3) is 0 Å². The normalized spacial score (nSPS) is 25.8. The first-order valence-corrected chi connectivity index (χ1v) is 10.3. The fourth-order valence-electron chi connectivity index (χ4n) is 5.02. The van der Waals surface area contributed by atoms with E-state index in [0.29, 0.717) is 12.8 Å². The van der Waals surface area contributed by atoms with E-state index >= 15 is 0 Å². The summed E-state index contributed by atoms with van der Waals surface area (Å²) in [5.74, 6) is -2.90. The maximum absolute atomic E-state index is 14.6. The number of benzene rings is 2. The van der Waals surface area contributed by atoms with Crippen LogP contribution in [0.4, 0.5) is 19.3 Å². The van der Waals surface area contributed by atoms with Gasteiger partial charge in [0, 0.05) is 11.1 Å². The molecule has 0 unspecified atom stereocenters. The zero-order valence-corrected chi connectivity index (χ0v) is 17.6. The molecule has 1 heterocycles. The molecule has 2 aliphatic rings. The Bertz CT molecular complexity index is 994. The molecule has 8 heteroatoms. The van der Waals surface area contributed by atoms with Gasteiger partial charge in [0.1, 0.15) is 5.69 Å². The molecule has 3 amide bonds. The molecular weight excluding hydrogens is 402 g/mol. The summed E-state index contributed by atoms with van der Waals surface area (Å²) >= 11 is 0. The lowest BCUT2D eigenvalue weighted by Crippen LogP contribution is -2.54. The third kappa shape index (κ3) is 3.54. The highest BCUT2D eigenvalue weighted by molar-refractivity contribution is 5.97. The summed E-state index contributed by atoms with van der Waals surface area (Å²) in [5.41, 5.74) is 4.89. The zero-order valence-electron chi connectivity index (χ0n) is 17.6. The van der Waals surface area contributed by atoms with E-state index in [9.17, 15) is 18.4 Å². The van der Waals surface area contributed by atoms with Gasteiger partial charge in [-0.25, -0.2) is 13.6 Å². The lowest BCUT2D eigenvalue weighted by molar-refractivity contribution is 0.0657. The van der Waals surface area contributed by atoms with Crippen molar-refractivity contribution < 1.29 is 18.4 Å². The summed E-state index contributed by atoms with van der Waals surface area (Å²) in [7, 11) is 4.10. The van der Waals surface area contributed by atoms with E-state index in [1.807, 2.05) is 18.2 Å². The van der Waals surface area contributed by atoms with Crippen LogP contribution in [0.25, 0.3) is 0 Å². The number of nitrogens with zero attached hydrogens (tertiary/aromatic N) is 2. The molecule has 0 bridgehead atoms. The molecule has 1 spiro atoms. The van der Waals surface area contributed by atoms with Crippen molar-refractivity contribution in [3.63, 3.8) is 0 Å². The Balaban J connectivity index is 1.59. The van der Waals surface area contributed by atoms with E-state index in [1.54, 1.807) is 0 Å². The van der Waals surface area contributed by atoms with Crippen molar-refractivity contribution in [3.8, 4) is 0 Å². The number of nitrogens with one attached hydrogen (secondary N) is 1. The molecule has 1 aliphatic carbocycles. The smallest absolute Gasteiger partial charge is 0.322 e. The highest BCUT2D eigenvalue weighted by Crippen LogP contribution is 2.46. The van der Waals surface area contributed by atoms with Crippen molar-refractivity contribution in [2.45, 2.75) is 36.8 Å². The van der Waals surface area contributed by atoms with Crippen LogP contribution < -0.4 is 16.0 Å². The van der Waals surface area contributed by atoms with Crippen LogP contribution in [-0.4, -0.2) is 43.0 Å². The summed E-state index contributed by atoms with van der Waals surface area (Å²) in [6.45, 7) is 0.161. The average Bonchev–Trinajstić information content (AvgIpc) is 3.04. The SMILES string of the molecule is CN(C)[C@]1(c2ccccc2)CC[C@@]2(CC1)CN(c1c(F)cc(C(N)=O)cc1F)C(=O)N2. The molecule has 0 aromatic heterocycles. The van der Waals surface area contributed by atoms with Crippen LogP contribution in [0.2, 0.25) is 0 Å². The molecule has 1 saturated carbocycles. The summed E-state index contributed by atoms with van der Waals surface area (Å²) < 4.78 is 29.3. The summed E-state index contributed by atoms with van der Waals surface area (Å²) in [6.07, 6.45) is 2.93. The topological polar surface area (TPSA) is 78.7 Å². The maximum atomic E-state index is 14.6. The molecule has 2 aromatic carbocycles. The van der Waals surface area contributed by atoms with Crippen molar-refractivity contribution in [2.75, 3.05) is 25.5 Å². The average molecular weight is 428 g/mol. The van der Waals surface area contributed by atoms with Gasteiger partial charge in [-0.3, -0.25) is 14.6 Å². The molecule has 1 aliphatic heterocycles. The van der Waals surface area contributed by atoms with Crippen LogP contribution in [0.3, 0.4) is 0 Å². The second-order valence-electron chi connectivity index (χ2n) is 8.74. The standard InChI is InChI=1S/C23H26F2N4O2/c1-28(2)23(16-6-4-3-5-7-16)10-8-22(9-11-23)14-29(21(31)27-22)19-17(24)12-15(20(26)30)13-18(19)25/h3-7,12-13H,8-11,14H2,1-2H3,(H2,26,30)(H,27,31)/t22-,23-. The van der Waals surface area contributed by atoms with Gasteiger partial charge >= 0.3 is 6.03 Å². The first-order chi connectivity index (χ1) is 14.7. The van der Waals surface area contributed by atoms with Gasteiger partial charge in [-0.15, -0.1) is 0 Å². The van der Waals surface area contributed by atoms with Gasteiger partial charge in [0.15, 0.2) is 11.6 Å². The number of nitrogens with two attached hydrogens (primary N) is 1. The second-order valence-corrected chi connectivity index (χ2v) is 8.74. The van der Waals surface area contributed by atoms with Gasteiger partial charge in [0.2, 0.25) is 5.91 Å². The number of anilines is 1. The molecule has 164 valence electrons. The quantitative estimate of drug-likeness (QED) is 0.784. The summed E-state index contributed by atoms with van der Waals surface area (Å²) in [6, 6.07) is 11.4. The second kappa shape index (κ2) is 7.60. The van der Waals surface area contributed by atoms with E-state index in [-0.39, 0.29) is 17.6 Å². The number of carbonyl (C=O) groups excluding carboxylic acids is 2. The number of urea groups is 1. The van der Waals surface area contributed by atoms with Crippen LogP contribution in [0.5, 0.6) is 0 Å². The first kappa shape index (κ1) is 21.2. The van der Waals surface area contributed by atoms with Gasteiger partial charge in [-0.2, -0.15) is 0 Å². The van der Waals surface area contributed by atoms with E-state index < -0.39 is 34.8 Å². The molecule has 0 atom stereocenters. The van der Waals surface area contributed by atoms with Crippen molar-refractivity contribution in [3.05, 3.63) is 65.2 Å². The molecule has 3 N–H and O–H groups in total. The van der Waals surface area contributed by atoms with Crippen molar-refractivity contribution in [1.82, 2.24) is 10.2 Å². The highest BCUT2D eigenvalue weighted by Gasteiger charge is 2.51. The van der Waals surface area contributed by atoms with Crippen LogP contribution in [0.15, 0.2) is 42.5 Å². The lowest BCUT2D eigenvalue weighted by atomic mass is 9.69. The Kier molecular flexibility index (Phi) is 5.21. The third-order valence-corrected chi connectivity index (χ3v) is 6.85. The van der Waals surface area contributed by atoms with E-state index in [1.165, 1.54) is 5.56 Å². The lowest BCUT2D eigenvalue weighted by Gasteiger charge is -2.48. The Morgan fingerprint density at radius 3 is 2.16 bits per heavy atom. The molecule has 1 saturated heterocycles. The fourth-order valence-corrected chi connectivity index (χ4v) is 5.02. The van der Waals surface area contributed by atoms with Crippen LogP contribution in [0, 0.1) is 11.6 Å². The van der Waals surface area contributed by atoms with Gasteiger partial charge < -0.3 is 11.1 Å². The number of hydrogen-bond donors (Lipinski definition) is 2. The van der Waals surface area contributed by atoms with Crippen LogP contribution >= 0.6 is 0 Å². The summed E-state index contributed by atoms with van der Waals surface area (Å²) in [5, 5.41) is 2.98. The predicted molar refractivity (Wildman–Crippen MR) is 114 cm³/mol. The molecule has 4 rings (SSSR count). The fraction of sp³-hybridized carbons (Fsp3) is 0.391. The molecule has 31 heavy (non-hydrogen) atoms. The Morgan fingerprint density at radius 2 is 1.65 bits per heavy atom.